The van der Waals surface area contributed by atoms with Gasteiger partial charge in [-0.3, -0.25) is 0 Å². The molecule has 0 aromatic carbocycles. The summed E-state index contributed by atoms with van der Waals surface area (Å²) in [6.45, 7) is 11.0. The van der Waals surface area contributed by atoms with Gasteiger partial charge in [0.05, 0.1) is 26.4 Å². The van der Waals surface area contributed by atoms with E-state index in [9.17, 15) is 5.11 Å². The molecule has 1 heterocycles. The number of ether oxygens (including phenoxy) is 3. The van der Waals surface area contributed by atoms with E-state index in [0.717, 1.165) is 26.1 Å². The number of aliphatic hydroxyl groups excluding tert-OH is 1. The van der Waals surface area contributed by atoms with Gasteiger partial charge in [0.25, 0.3) is 0 Å². The SMILES string of the molecule is CCCCC(CC)CO[C@H]1[C@@H](CO)OC[C@H]1OCC(CC)CCCC. The highest BCUT2D eigenvalue weighted by Gasteiger charge is 2.39. The predicted molar refractivity (Wildman–Crippen MR) is 103 cm³/mol. The Hall–Kier alpha value is -0.160. The van der Waals surface area contributed by atoms with Crippen molar-refractivity contribution in [3.8, 4) is 0 Å². The molecule has 0 aliphatic carbocycles. The second kappa shape index (κ2) is 14.0. The molecule has 1 aliphatic heterocycles. The van der Waals surface area contributed by atoms with Gasteiger partial charge in [-0.25, -0.2) is 0 Å². The molecule has 0 saturated carbocycles. The number of aliphatic hydroxyl groups is 1. The van der Waals surface area contributed by atoms with Crippen LogP contribution in [0.5, 0.6) is 0 Å². The van der Waals surface area contributed by atoms with Crippen LogP contribution in [0.4, 0.5) is 0 Å². The van der Waals surface area contributed by atoms with Crippen LogP contribution in [0.1, 0.15) is 79.1 Å². The van der Waals surface area contributed by atoms with Crippen LogP contribution in [-0.4, -0.2) is 49.8 Å². The maximum absolute atomic E-state index is 9.60. The van der Waals surface area contributed by atoms with E-state index in [1.165, 1.54) is 38.5 Å². The first-order valence-corrected chi connectivity index (χ1v) is 10.7. The summed E-state index contributed by atoms with van der Waals surface area (Å²) in [5, 5.41) is 9.60. The molecule has 0 radical (unpaired) electrons. The van der Waals surface area contributed by atoms with E-state index in [1.807, 2.05) is 0 Å². The van der Waals surface area contributed by atoms with E-state index in [2.05, 4.69) is 27.7 Å². The lowest BCUT2D eigenvalue weighted by Crippen LogP contribution is -2.38. The van der Waals surface area contributed by atoms with Crippen molar-refractivity contribution < 1.29 is 19.3 Å². The quantitative estimate of drug-likeness (QED) is 0.465. The molecule has 0 spiro atoms. The summed E-state index contributed by atoms with van der Waals surface area (Å²) in [6.07, 6.45) is 9.27. The van der Waals surface area contributed by atoms with E-state index in [0.29, 0.717) is 18.4 Å². The third-order valence-corrected chi connectivity index (χ3v) is 5.54. The average molecular weight is 359 g/mol. The first-order chi connectivity index (χ1) is 12.2. The van der Waals surface area contributed by atoms with Crippen molar-refractivity contribution in [2.75, 3.05) is 26.4 Å². The Morgan fingerprint density at radius 3 is 1.96 bits per heavy atom. The lowest BCUT2D eigenvalue weighted by Gasteiger charge is -2.26. The second-order valence-corrected chi connectivity index (χ2v) is 7.56. The molecule has 25 heavy (non-hydrogen) atoms. The summed E-state index contributed by atoms with van der Waals surface area (Å²) in [5.74, 6) is 1.20. The molecule has 0 aromatic heterocycles. The van der Waals surface area contributed by atoms with Crippen molar-refractivity contribution in [1.29, 1.82) is 0 Å². The number of hydrogen-bond donors (Lipinski definition) is 1. The van der Waals surface area contributed by atoms with Crippen LogP contribution in [0.15, 0.2) is 0 Å². The standard InChI is InChI=1S/C21H42O4/c1-5-9-11-17(7-3)14-23-20-16-24-19(13-22)21(20)25-15-18(8-4)12-10-6-2/h17-22H,5-16H2,1-4H3/t17?,18?,19-,20-,21+/m1/s1. The van der Waals surface area contributed by atoms with E-state index in [1.54, 1.807) is 0 Å². The Labute approximate surface area is 155 Å². The van der Waals surface area contributed by atoms with Gasteiger partial charge in [-0.15, -0.1) is 0 Å². The Morgan fingerprint density at radius 2 is 1.48 bits per heavy atom. The number of hydrogen-bond acceptors (Lipinski definition) is 4. The topological polar surface area (TPSA) is 47.9 Å². The van der Waals surface area contributed by atoms with E-state index < -0.39 is 0 Å². The number of rotatable bonds is 15. The van der Waals surface area contributed by atoms with E-state index in [4.69, 9.17) is 14.2 Å². The van der Waals surface area contributed by atoms with Gasteiger partial charge in [-0.2, -0.15) is 0 Å². The Morgan fingerprint density at radius 1 is 0.920 bits per heavy atom. The highest BCUT2D eigenvalue weighted by atomic mass is 16.6. The Bertz CT molecular complexity index is 310. The van der Waals surface area contributed by atoms with Crippen LogP contribution in [0.2, 0.25) is 0 Å². The van der Waals surface area contributed by atoms with Crippen molar-refractivity contribution >= 4 is 0 Å². The molecule has 2 unspecified atom stereocenters. The van der Waals surface area contributed by atoms with Gasteiger partial charge in [-0.1, -0.05) is 66.2 Å². The first-order valence-electron chi connectivity index (χ1n) is 10.7. The molecule has 0 amide bonds. The zero-order valence-electron chi connectivity index (χ0n) is 17.0. The van der Waals surface area contributed by atoms with Crippen molar-refractivity contribution in [2.24, 2.45) is 11.8 Å². The van der Waals surface area contributed by atoms with Crippen LogP contribution < -0.4 is 0 Å². The fraction of sp³-hybridized carbons (Fsp3) is 1.00. The molecule has 0 aromatic rings. The minimum atomic E-state index is -0.246. The van der Waals surface area contributed by atoms with Crippen LogP contribution in [0.25, 0.3) is 0 Å². The zero-order chi connectivity index (χ0) is 18.5. The van der Waals surface area contributed by atoms with Gasteiger partial charge in [0.2, 0.25) is 0 Å². The maximum Gasteiger partial charge on any atom is 0.114 e. The summed E-state index contributed by atoms with van der Waals surface area (Å²) < 4.78 is 18.1. The predicted octanol–water partition coefficient (Wildman–Crippen LogP) is 4.58. The molecule has 5 atom stereocenters. The summed E-state index contributed by atoms with van der Waals surface area (Å²) in [6, 6.07) is 0. The zero-order valence-corrected chi connectivity index (χ0v) is 17.0. The van der Waals surface area contributed by atoms with Crippen LogP contribution in [0, 0.1) is 11.8 Å². The Balaban J connectivity index is 2.48. The van der Waals surface area contributed by atoms with Crippen LogP contribution in [0.3, 0.4) is 0 Å². The van der Waals surface area contributed by atoms with Crippen molar-refractivity contribution in [3.63, 3.8) is 0 Å². The average Bonchev–Trinajstić information content (AvgIpc) is 3.04. The van der Waals surface area contributed by atoms with Crippen LogP contribution >= 0.6 is 0 Å². The Kier molecular flexibility index (Phi) is 12.8. The highest BCUT2D eigenvalue weighted by Crippen LogP contribution is 2.24. The largest absolute Gasteiger partial charge is 0.394 e. The molecule has 1 aliphatic rings. The molecule has 4 heteroatoms. The molecule has 1 fully saturated rings. The van der Waals surface area contributed by atoms with Crippen molar-refractivity contribution in [1.82, 2.24) is 0 Å². The van der Waals surface area contributed by atoms with Crippen LogP contribution in [-0.2, 0) is 14.2 Å². The molecular weight excluding hydrogens is 316 g/mol. The minimum Gasteiger partial charge on any atom is -0.394 e. The first kappa shape index (κ1) is 22.9. The lowest BCUT2D eigenvalue weighted by molar-refractivity contribution is -0.0859. The van der Waals surface area contributed by atoms with Gasteiger partial charge in [0.1, 0.15) is 18.3 Å². The van der Waals surface area contributed by atoms with E-state index in [-0.39, 0.29) is 24.9 Å². The summed E-state index contributed by atoms with van der Waals surface area (Å²) >= 11 is 0. The van der Waals surface area contributed by atoms with Gasteiger partial charge in [0.15, 0.2) is 0 Å². The maximum atomic E-state index is 9.60. The van der Waals surface area contributed by atoms with Gasteiger partial charge < -0.3 is 19.3 Å². The fourth-order valence-corrected chi connectivity index (χ4v) is 3.46. The summed E-state index contributed by atoms with van der Waals surface area (Å²) in [4.78, 5) is 0. The van der Waals surface area contributed by atoms with E-state index >= 15 is 0 Å². The van der Waals surface area contributed by atoms with Gasteiger partial charge in [-0.05, 0) is 24.7 Å². The highest BCUT2D eigenvalue weighted by molar-refractivity contribution is 4.86. The second-order valence-electron chi connectivity index (χ2n) is 7.56. The third-order valence-electron chi connectivity index (χ3n) is 5.54. The minimum absolute atomic E-state index is 0.00329. The monoisotopic (exact) mass is 358 g/mol. The summed E-state index contributed by atoms with van der Waals surface area (Å²) in [7, 11) is 0. The molecule has 1 N–H and O–H groups in total. The van der Waals surface area contributed by atoms with Gasteiger partial charge >= 0.3 is 0 Å². The smallest absolute Gasteiger partial charge is 0.114 e. The summed E-state index contributed by atoms with van der Waals surface area (Å²) in [5.41, 5.74) is 0. The van der Waals surface area contributed by atoms with Crippen molar-refractivity contribution in [2.45, 2.75) is 97.4 Å². The molecule has 4 nitrogen and oxygen atoms in total. The number of unbranched alkanes of at least 4 members (excludes halogenated alkanes) is 2. The molecule has 150 valence electrons. The van der Waals surface area contributed by atoms with Gasteiger partial charge in [0, 0.05) is 0 Å². The molecule has 1 rings (SSSR count). The molecular formula is C21H42O4. The molecule has 0 bridgehead atoms. The normalized spacial score (nSPS) is 26.0. The fourth-order valence-electron chi connectivity index (χ4n) is 3.46. The lowest BCUT2D eigenvalue weighted by atomic mass is 10.00. The molecule has 1 saturated heterocycles. The third kappa shape index (κ3) is 8.38. The van der Waals surface area contributed by atoms with Crippen molar-refractivity contribution in [3.05, 3.63) is 0 Å².